The van der Waals surface area contributed by atoms with E-state index in [1.165, 1.54) is 0 Å². The van der Waals surface area contributed by atoms with Crippen LogP contribution in [0.1, 0.15) is 23.3 Å². The summed E-state index contributed by atoms with van der Waals surface area (Å²) in [4.78, 5) is 31.7. The monoisotopic (exact) mass is 573 g/mol. The Labute approximate surface area is 217 Å². The van der Waals surface area contributed by atoms with Gasteiger partial charge in [0.05, 0.1) is 38.2 Å². The van der Waals surface area contributed by atoms with Crippen LogP contribution < -0.4 is 4.90 Å². The number of hydrogen-bond acceptors (Lipinski definition) is 10. The number of alkyl halides is 6. The SMILES string of the molecule is Cc1cc(CN2CCOCC2c2nccc(N3CCOCC3)n2)no1.O=C(O)C(F)(F)F.O=C(O)C(F)(F)F. The van der Waals surface area contributed by atoms with E-state index in [-0.39, 0.29) is 6.04 Å². The Morgan fingerprint density at radius 1 is 1.00 bits per heavy atom. The van der Waals surface area contributed by atoms with Gasteiger partial charge in [-0.05, 0) is 13.0 Å². The Balaban J connectivity index is 0.000000317. The van der Waals surface area contributed by atoms with Crippen LogP contribution in [0.5, 0.6) is 0 Å². The zero-order valence-electron chi connectivity index (χ0n) is 20.4. The number of carboxylic acids is 2. The van der Waals surface area contributed by atoms with E-state index < -0.39 is 24.3 Å². The number of nitrogens with zero attached hydrogens (tertiary/aromatic N) is 5. The summed E-state index contributed by atoms with van der Waals surface area (Å²) in [5.41, 5.74) is 0.925. The fraction of sp³-hybridized carbons (Fsp3) is 0.571. The maximum absolute atomic E-state index is 10.6. The molecule has 0 aliphatic carbocycles. The summed E-state index contributed by atoms with van der Waals surface area (Å²) in [5.74, 6) is -2.94. The molecule has 0 amide bonds. The van der Waals surface area contributed by atoms with E-state index in [0.29, 0.717) is 19.8 Å². The molecule has 2 aliphatic rings. The van der Waals surface area contributed by atoms with Crippen molar-refractivity contribution in [3.05, 3.63) is 35.6 Å². The topological polar surface area (TPSA) is 151 Å². The van der Waals surface area contributed by atoms with Crippen LogP contribution in [-0.2, 0) is 25.6 Å². The molecule has 0 radical (unpaired) electrons. The first-order valence-corrected chi connectivity index (χ1v) is 11.2. The number of hydrogen-bond donors (Lipinski definition) is 2. The predicted octanol–water partition coefficient (Wildman–Crippen LogP) is 2.45. The van der Waals surface area contributed by atoms with Crippen molar-refractivity contribution in [1.29, 1.82) is 0 Å². The predicted molar refractivity (Wildman–Crippen MR) is 118 cm³/mol. The largest absolute Gasteiger partial charge is 0.490 e. The lowest BCUT2D eigenvalue weighted by atomic mass is 10.2. The Morgan fingerprint density at radius 2 is 1.56 bits per heavy atom. The van der Waals surface area contributed by atoms with Crippen LogP contribution in [0, 0.1) is 6.92 Å². The van der Waals surface area contributed by atoms with Crippen molar-refractivity contribution in [2.45, 2.75) is 31.9 Å². The van der Waals surface area contributed by atoms with Crippen molar-refractivity contribution in [1.82, 2.24) is 20.0 Å². The first-order chi connectivity index (χ1) is 18.2. The lowest BCUT2D eigenvalue weighted by molar-refractivity contribution is -0.193. The van der Waals surface area contributed by atoms with E-state index in [9.17, 15) is 26.3 Å². The molecule has 2 aromatic heterocycles. The quantitative estimate of drug-likeness (QED) is 0.517. The van der Waals surface area contributed by atoms with Gasteiger partial charge in [0.2, 0.25) is 0 Å². The van der Waals surface area contributed by atoms with E-state index in [1.807, 2.05) is 25.3 Å². The Kier molecular flexibility index (Phi) is 11.4. The van der Waals surface area contributed by atoms with Crippen molar-refractivity contribution in [3.8, 4) is 0 Å². The number of halogens is 6. The molecule has 2 aromatic rings. The summed E-state index contributed by atoms with van der Waals surface area (Å²) in [5, 5.41) is 18.4. The fourth-order valence-electron chi connectivity index (χ4n) is 3.26. The van der Waals surface area contributed by atoms with Crippen molar-refractivity contribution >= 4 is 17.8 Å². The first-order valence-electron chi connectivity index (χ1n) is 11.2. The number of aliphatic carboxylic acids is 2. The lowest BCUT2D eigenvalue weighted by Gasteiger charge is -2.34. The van der Waals surface area contributed by atoms with Gasteiger partial charge in [-0.15, -0.1) is 0 Å². The number of carboxylic acid groups (broad SMARTS) is 2. The van der Waals surface area contributed by atoms with E-state index in [1.54, 1.807) is 0 Å². The third-order valence-corrected chi connectivity index (χ3v) is 5.06. The second kappa shape index (κ2) is 14.0. The third-order valence-electron chi connectivity index (χ3n) is 5.06. The van der Waals surface area contributed by atoms with Gasteiger partial charge in [-0.1, -0.05) is 5.16 Å². The molecule has 4 heterocycles. The molecule has 218 valence electrons. The molecule has 2 aliphatic heterocycles. The van der Waals surface area contributed by atoms with Crippen LogP contribution in [0.3, 0.4) is 0 Å². The molecule has 18 heteroatoms. The van der Waals surface area contributed by atoms with E-state index >= 15 is 0 Å². The summed E-state index contributed by atoms with van der Waals surface area (Å²) < 4.78 is 79.8. The summed E-state index contributed by atoms with van der Waals surface area (Å²) in [6, 6.07) is 3.95. The number of anilines is 1. The normalized spacial score (nSPS) is 18.3. The lowest BCUT2D eigenvalue weighted by Crippen LogP contribution is -2.40. The number of rotatable bonds is 4. The molecule has 2 fully saturated rings. The van der Waals surface area contributed by atoms with Gasteiger partial charge in [-0.3, -0.25) is 4.90 Å². The highest BCUT2D eigenvalue weighted by atomic mass is 19.4. The van der Waals surface area contributed by atoms with Crippen molar-refractivity contribution in [2.75, 3.05) is 51.0 Å². The number of morpholine rings is 2. The first kappa shape index (κ1) is 31.7. The highest BCUT2D eigenvalue weighted by Crippen LogP contribution is 2.25. The van der Waals surface area contributed by atoms with Crippen LogP contribution in [-0.4, -0.2) is 101 Å². The van der Waals surface area contributed by atoms with Gasteiger partial charge >= 0.3 is 24.3 Å². The number of aromatic nitrogens is 3. The van der Waals surface area contributed by atoms with Crippen LogP contribution >= 0.6 is 0 Å². The summed E-state index contributed by atoms with van der Waals surface area (Å²) in [6.45, 7) is 7.92. The van der Waals surface area contributed by atoms with E-state index in [0.717, 1.165) is 55.9 Å². The Bertz CT molecular complexity index is 1050. The number of ether oxygens (including phenoxy) is 2. The molecule has 39 heavy (non-hydrogen) atoms. The van der Waals surface area contributed by atoms with Crippen molar-refractivity contribution < 1.29 is 60.1 Å². The number of aryl methyl sites for hydroxylation is 1. The third kappa shape index (κ3) is 10.6. The van der Waals surface area contributed by atoms with Gasteiger partial charge in [0.1, 0.15) is 17.4 Å². The van der Waals surface area contributed by atoms with Gasteiger partial charge in [0, 0.05) is 38.4 Å². The Hall–Kier alpha value is -3.51. The van der Waals surface area contributed by atoms with Crippen molar-refractivity contribution in [2.24, 2.45) is 0 Å². The smallest absolute Gasteiger partial charge is 0.475 e. The van der Waals surface area contributed by atoms with Crippen LogP contribution in [0.15, 0.2) is 22.9 Å². The second-order valence-electron chi connectivity index (χ2n) is 7.97. The minimum absolute atomic E-state index is 0.0201. The van der Waals surface area contributed by atoms with Gasteiger partial charge in [0.25, 0.3) is 0 Å². The molecular formula is C21H25F6N5O7. The maximum Gasteiger partial charge on any atom is 0.490 e. The van der Waals surface area contributed by atoms with E-state index in [4.69, 9.17) is 38.8 Å². The van der Waals surface area contributed by atoms with Gasteiger partial charge in [-0.2, -0.15) is 26.3 Å². The Morgan fingerprint density at radius 3 is 2.08 bits per heavy atom. The fourth-order valence-corrected chi connectivity index (χ4v) is 3.26. The molecule has 12 nitrogen and oxygen atoms in total. The summed E-state index contributed by atoms with van der Waals surface area (Å²) >= 11 is 0. The molecule has 2 N–H and O–H groups in total. The van der Waals surface area contributed by atoms with Gasteiger partial charge < -0.3 is 29.1 Å². The van der Waals surface area contributed by atoms with E-state index in [2.05, 4.69) is 19.9 Å². The molecule has 0 bridgehead atoms. The average Bonchev–Trinajstić information content (AvgIpc) is 3.29. The standard InChI is InChI=1S/C17H23N5O3.2C2HF3O2/c1-13-10-14(20-25-13)11-22-6-9-24-12-15(22)17-18-3-2-16(19-17)21-4-7-23-8-5-21;2*3-2(4,5)1(6)7/h2-3,10,15H,4-9,11-12H2,1H3;2*(H,6,7). The second-order valence-corrected chi connectivity index (χ2v) is 7.97. The zero-order valence-corrected chi connectivity index (χ0v) is 20.4. The minimum Gasteiger partial charge on any atom is -0.475 e. The summed E-state index contributed by atoms with van der Waals surface area (Å²) in [6.07, 6.45) is -8.33. The van der Waals surface area contributed by atoms with Crippen molar-refractivity contribution in [3.63, 3.8) is 0 Å². The minimum atomic E-state index is -5.08. The average molecular weight is 573 g/mol. The molecular weight excluding hydrogens is 548 g/mol. The van der Waals surface area contributed by atoms with Crippen LogP contribution in [0.4, 0.5) is 32.2 Å². The molecule has 1 unspecified atom stereocenters. The van der Waals surface area contributed by atoms with Gasteiger partial charge in [0.15, 0.2) is 0 Å². The molecule has 1 atom stereocenters. The zero-order chi connectivity index (χ0) is 29.2. The summed E-state index contributed by atoms with van der Waals surface area (Å²) in [7, 11) is 0. The van der Waals surface area contributed by atoms with Gasteiger partial charge in [-0.25, -0.2) is 19.6 Å². The van der Waals surface area contributed by atoms with Crippen LogP contribution in [0.2, 0.25) is 0 Å². The molecule has 0 spiro atoms. The molecule has 0 saturated carbocycles. The highest BCUT2D eigenvalue weighted by Gasteiger charge is 2.39. The molecule has 4 rings (SSSR count). The van der Waals surface area contributed by atoms with Crippen LogP contribution in [0.25, 0.3) is 0 Å². The maximum atomic E-state index is 10.6. The molecule has 2 saturated heterocycles. The number of carbonyl (C=O) groups is 2. The highest BCUT2D eigenvalue weighted by molar-refractivity contribution is 5.73. The molecule has 0 aromatic carbocycles.